The summed E-state index contributed by atoms with van der Waals surface area (Å²) in [5, 5.41) is 3.01. The number of aryl methyl sites for hydroxylation is 2. The minimum atomic E-state index is -3.46. The molecule has 22 heavy (non-hydrogen) atoms. The Morgan fingerprint density at radius 2 is 1.95 bits per heavy atom. The zero-order valence-electron chi connectivity index (χ0n) is 12.1. The van der Waals surface area contributed by atoms with Crippen LogP contribution in [0, 0.1) is 0 Å². The third-order valence-electron chi connectivity index (χ3n) is 3.67. The molecule has 2 aromatic rings. The predicted molar refractivity (Wildman–Crippen MR) is 84.2 cm³/mol. The second-order valence-electron chi connectivity index (χ2n) is 5.20. The lowest BCUT2D eigenvalue weighted by molar-refractivity contribution is 0.582. The molecule has 0 aliphatic heterocycles. The van der Waals surface area contributed by atoms with Crippen LogP contribution >= 0.6 is 0 Å². The summed E-state index contributed by atoms with van der Waals surface area (Å²) in [7, 11) is -3.46. The Labute approximate surface area is 130 Å². The van der Waals surface area contributed by atoms with Crippen molar-refractivity contribution < 1.29 is 8.42 Å². The van der Waals surface area contributed by atoms with Crippen molar-refractivity contribution in [3.8, 4) is 0 Å². The van der Waals surface area contributed by atoms with Gasteiger partial charge in [-0.3, -0.25) is 4.98 Å². The molecule has 2 N–H and O–H groups in total. The second-order valence-corrected chi connectivity index (χ2v) is 6.97. The largest absolute Gasteiger partial charge is 0.367 e. The summed E-state index contributed by atoms with van der Waals surface area (Å²) in [6, 6.07) is 5.40. The van der Waals surface area contributed by atoms with Crippen LogP contribution < -0.4 is 10.0 Å². The molecule has 0 radical (unpaired) electrons. The van der Waals surface area contributed by atoms with Crippen LogP contribution in [-0.4, -0.2) is 31.5 Å². The zero-order valence-corrected chi connectivity index (χ0v) is 12.9. The third kappa shape index (κ3) is 3.42. The molecule has 1 aliphatic rings. The van der Waals surface area contributed by atoms with E-state index in [1.165, 1.54) is 5.56 Å². The van der Waals surface area contributed by atoms with E-state index in [0.29, 0.717) is 17.3 Å². The Morgan fingerprint density at radius 1 is 1.09 bits per heavy atom. The SMILES string of the molecule is O=S(=O)(NCCNc1cnccn1)c1ccc2c(c1)CCC2. The number of anilines is 1. The molecule has 0 unspecified atom stereocenters. The number of fused-ring (bicyclic) bond motifs is 1. The fourth-order valence-corrected chi connectivity index (χ4v) is 3.65. The first kappa shape index (κ1) is 14.9. The van der Waals surface area contributed by atoms with Crippen molar-refractivity contribution in [1.82, 2.24) is 14.7 Å². The predicted octanol–water partition coefficient (Wildman–Crippen LogP) is 1.36. The molecule has 116 valence electrons. The molecule has 0 atom stereocenters. The highest BCUT2D eigenvalue weighted by Gasteiger charge is 2.17. The topological polar surface area (TPSA) is 84.0 Å². The van der Waals surface area contributed by atoms with Crippen molar-refractivity contribution >= 4 is 15.8 Å². The lowest BCUT2D eigenvalue weighted by Gasteiger charge is -2.09. The monoisotopic (exact) mass is 318 g/mol. The van der Waals surface area contributed by atoms with E-state index in [4.69, 9.17) is 0 Å². The van der Waals surface area contributed by atoms with E-state index in [1.54, 1.807) is 30.7 Å². The Bertz CT molecular complexity index is 747. The van der Waals surface area contributed by atoms with Crippen molar-refractivity contribution in [3.05, 3.63) is 47.9 Å². The summed E-state index contributed by atoms with van der Waals surface area (Å²) in [4.78, 5) is 8.33. The zero-order chi connectivity index (χ0) is 15.4. The van der Waals surface area contributed by atoms with Gasteiger partial charge in [0, 0.05) is 25.5 Å². The van der Waals surface area contributed by atoms with Gasteiger partial charge in [-0.15, -0.1) is 0 Å². The molecule has 0 fully saturated rings. The molecule has 0 saturated carbocycles. The van der Waals surface area contributed by atoms with Crippen LogP contribution in [-0.2, 0) is 22.9 Å². The first-order chi connectivity index (χ1) is 10.6. The summed E-state index contributed by atoms with van der Waals surface area (Å²) in [5.41, 5.74) is 2.42. The van der Waals surface area contributed by atoms with Crippen LogP contribution in [0.1, 0.15) is 17.5 Å². The molecule has 0 spiro atoms. The Balaban J connectivity index is 1.57. The fourth-order valence-electron chi connectivity index (χ4n) is 2.57. The maximum absolute atomic E-state index is 12.3. The van der Waals surface area contributed by atoms with Gasteiger partial charge < -0.3 is 5.32 Å². The van der Waals surface area contributed by atoms with E-state index in [2.05, 4.69) is 20.0 Å². The molecule has 0 amide bonds. The van der Waals surface area contributed by atoms with Crippen LogP contribution in [0.4, 0.5) is 5.82 Å². The normalized spacial score (nSPS) is 13.8. The molecule has 0 bridgehead atoms. The lowest BCUT2D eigenvalue weighted by Crippen LogP contribution is -2.29. The Hall–Kier alpha value is -1.99. The molecule has 1 aromatic carbocycles. The summed E-state index contributed by atoms with van der Waals surface area (Å²) < 4.78 is 27.2. The van der Waals surface area contributed by atoms with E-state index in [1.807, 2.05) is 6.07 Å². The molecular formula is C15H18N4O2S. The summed E-state index contributed by atoms with van der Waals surface area (Å²) in [6.45, 7) is 0.735. The van der Waals surface area contributed by atoms with Crippen LogP contribution in [0.25, 0.3) is 0 Å². The van der Waals surface area contributed by atoms with Crippen LogP contribution in [0.15, 0.2) is 41.7 Å². The van der Waals surface area contributed by atoms with Gasteiger partial charge in [0.1, 0.15) is 5.82 Å². The number of aromatic nitrogens is 2. The van der Waals surface area contributed by atoms with Crippen LogP contribution in [0.2, 0.25) is 0 Å². The van der Waals surface area contributed by atoms with E-state index >= 15 is 0 Å². The standard InChI is InChI=1S/C15H18N4O2S/c20-22(21,14-5-4-12-2-1-3-13(12)10-14)19-9-8-18-15-11-16-6-7-17-15/h4-7,10-11,19H,1-3,8-9H2,(H,17,18). The molecule has 1 aromatic heterocycles. The summed E-state index contributed by atoms with van der Waals surface area (Å²) in [5.74, 6) is 0.624. The van der Waals surface area contributed by atoms with Crippen LogP contribution in [0.5, 0.6) is 0 Å². The van der Waals surface area contributed by atoms with E-state index < -0.39 is 10.0 Å². The highest BCUT2D eigenvalue weighted by molar-refractivity contribution is 7.89. The molecule has 1 heterocycles. The molecule has 3 rings (SSSR count). The number of hydrogen-bond acceptors (Lipinski definition) is 5. The minimum absolute atomic E-state index is 0.288. The number of rotatable bonds is 6. The van der Waals surface area contributed by atoms with Crippen molar-refractivity contribution in [2.24, 2.45) is 0 Å². The Morgan fingerprint density at radius 3 is 2.77 bits per heavy atom. The maximum Gasteiger partial charge on any atom is 0.240 e. The van der Waals surface area contributed by atoms with Gasteiger partial charge in [-0.1, -0.05) is 6.07 Å². The number of nitrogens with one attached hydrogen (secondary N) is 2. The summed E-state index contributed by atoms with van der Waals surface area (Å²) in [6.07, 6.45) is 7.88. The smallest absolute Gasteiger partial charge is 0.240 e. The first-order valence-corrected chi connectivity index (χ1v) is 8.75. The van der Waals surface area contributed by atoms with E-state index in [0.717, 1.165) is 24.8 Å². The van der Waals surface area contributed by atoms with Crippen LogP contribution in [0.3, 0.4) is 0 Å². The Kier molecular flexibility index (Phi) is 4.35. The van der Waals surface area contributed by atoms with Crippen molar-refractivity contribution in [3.63, 3.8) is 0 Å². The molecular weight excluding hydrogens is 300 g/mol. The van der Waals surface area contributed by atoms with Crippen molar-refractivity contribution in [2.45, 2.75) is 24.2 Å². The molecule has 6 nitrogen and oxygen atoms in total. The highest BCUT2D eigenvalue weighted by atomic mass is 32.2. The van der Waals surface area contributed by atoms with Gasteiger partial charge in [-0.25, -0.2) is 18.1 Å². The maximum atomic E-state index is 12.3. The number of hydrogen-bond donors (Lipinski definition) is 2. The highest BCUT2D eigenvalue weighted by Crippen LogP contribution is 2.24. The number of sulfonamides is 1. The third-order valence-corrected chi connectivity index (χ3v) is 5.13. The van der Waals surface area contributed by atoms with E-state index in [9.17, 15) is 8.42 Å². The van der Waals surface area contributed by atoms with E-state index in [-0.39, 0.29) is 6.54 Å². The van der Waals surface area contributed by atoms with Gasteiger partial charge in [0.05, 0.1) is 11.1 Å². The van der Waals surface area contributed by atoms with Gasteiger partial charge in [-0.2, -0.15) is 0 Å². The van der Waals surface area contributed by atoms with Gasteiger partial charge in [-0.05, 0) is 42.5 Å². The number of benzene rings is 1. The lowest BCUT2D eigenvalue weighted by atomic mass is 10.1. The number of nitrogens with zero attached hydrogens (tertiary/aromatic N) is 2. The van der Waals surface area contributed by atoms with Gasteiger partial charge >= 0.3 is 0 Å². The van der Waals surface area contributed by atoms with Gasteiger partial charge in [0.2, 0.25) is 10.0 Å². The minimum Gasteiger partial charge on any atom is -0.367 e. The van der Waals surface area contributed by atoms with Crippen molar-refractivity contribution in [2.75, 3.05) is 18.4 Å². The molecule has 1 aliphatic carbocycles. The average molecular weight is 318 g/mol. The molecule has 7 heteroatoms. The summed E-state index contributed by atoms with van der Waals surface area (Å²) >= 11 is 0. The fraction of sp³-hybridized carbons (Fsp3) is 0.333. The first-order valence-electron chi connectivity index (χ1n) is 7.26. The quantitative estimate of drug-likeness (QED) is 0.786. The van der Waals surface area contributed by atoms with Gasteiger partial charge in [0.15, 0.2) is 0 Å². The molecule has 0 saturated heterocycles. The second kappa shape index (κ2) is 6.41. The van der Waals surface area contributed by atoms with Crippen molar-refractivity contribution in [1.29, 1.82) is 0 Å². The average Bonchev–Trinajstić information content (AvgIpc) is 3.00. The van der Waals surface area contributed by atoms with Gasteiger partial charge in [0.25, 0.3) is 0 Å².